The number of rotatable bonds is 6. The maximum Gasteiger partial charge on any atom is 0.137 e. The molecule has 26 heavy (non-hydrogen) atoms. The third-order valence-electron chi connectivity index (χ3n) is 4.49. The standard InChI is InChI=1S/C18H24N6O2/c1-18(2)13-23(16-3-7-19-14(21-16)5-11-25)9-10-24(18)17-4-8-20-15(22-17)6-12-26/h3-4,7-8,12,25H,5-6,9-11,13H2,1-2H3. The van der Waals surface area contributed by atoms with E-state index in [1.54, 1.807) is 12.4 Å². The molecular formula is C18H24N6O2. The summed E-state index contributed by atoms with van der Waals surface area (Å²) in [5.41, 5.74) is -0.173. The van der Waals surface area contributed by atoms with E-state index in [9.17, 15) is 4.79 Å². The average Bonchev–Trinajstić information content (AvgIpc) is 2.62. The van der Waals surface area contributed by atoms with Crippen LogP contribution < -0.4 is 9.80 Å². The van der Waals surface area contributed by atoms with E-state index in [2.05, 4.69) is 43.6 Å². The minimum atomic E-state index is -0.173. The highest BCUT2D eigenvalue weighted by Crippen LogP contribution is 2.28. The van der Waals surface area contributed by atoms with Gasteiger partial charge in [-0.05, 0) is 26.0 Å². The topological polar surface area (TPSA) is 95.3 Å². The molecule has 1 aliphatic heterocycles. The van der Waals surface area contributed by atoms with Crippen molar-refractivity contribution in [1.82, 2.24) is 19.9 Å². The molecule has 138 valence electrons. The number of hydrogen-bond acceptors (Lipinski definition) is 8. The van der Waals surface area contributed by atoms with Gasteiger partial charge in [-0.1, -0.05) is 0 Å². The summed E-state index contributed by atoms with van der Waals surface area (Å²) in [5, 5.41) is 9.09. The second-order valence-corrected chi connectivity index (χ2v) is 6.89. The van der Waals surface area contributed by atoms with Gasteiger partial charge >= 0.3 is 0 Å². The molecule has 0 amide bonds. The summed E-state index contributed by atoms with van der Waals surface area (Å²) >= 11 is 0. The van der Waals surface area contributed by atoms with Crippen molar-refractivity contribution in [2.45, 2.75) is 32.2 Å². The highest BCUT2D eigenvalue weighted by Gasteiger charge is 2.35. The van der Waals surface area contributed by atoms with E-state index < -0.39 is 0 Å². The normalized spacial score (nSPS) is 16.6. The lowest BCUT2D eigenvalue weighted by atomic mass is 9.98. The fourth-order valence-corrected chi connectivity index (χ4v) is 3.27. The number of aromatic nitrogens is 4. The summed E-state index contributed by atoms with van der Waals surface area (Å²) in [6.45, 7) is 6.72. The lowest BCUT2D eigenvalue weighted by Gasteiger charge is -2.48. The van der Waals surface area contributed by atoms with Gasteiger partial charge in [-0.3, -0.25) is 0 Å². The molecule has 8 heteroatoms. The molecule has 0 unspecified atom stereocenters. The molecule has 0 aliphatic carbocycles. The van der Waals surface area contributed by atoms with Gasteiger partial charge < -0.3 is 19.7 Å². The van der Waals surface area contributed by atoms with Crippen molar-refractivity contribution in [1.29, 1.82) is 0 Å². The van der Waals surface area contributed by atoms with Crippen LogP contribution in [0, 0.1) is 0 Å². The highest BCUT2D eigenvalue weighted by atomic mass is 16.3. The zero-order valence-electron chi connectivity index (χ0n) is 15.2. The number of nitrogens with zero attached hydrogens (tertiary/aromatic N) is 6. The molecule has 1 N–H and O–H groups in total. The largest absolute Gasteiger partial charge is 0.396 e. The van der Waals surface area contributed by atoms with Crippen molar-refractivity contribution in [3.8, 4) is 0 Å². The second-order valence-electron chi connectivity index (χ2n) is 6.89. The molecule has 1 aliphatic rings. The van der Waals surface area contributed by atoms with Crippen LogP contribution in [0.3, 0.4) is 0 Å². The molecule has 0 spiro atoms. The summed E-state index contributed by atoms with van der Waals surface area (Å²) in [5.74, 6) is 2.91. The Morgan fingerprint density at radius 1 is 1.12 bits per heavy atom. The smallest absolute Gasteiger partial charge is 0.137 e. The number of carbonyl (C=O) groups is 1. The molecule has 0 saturated carbocycles. The summed E-state index contributed by atoms with van der Waals surface area (Å²) < 4.78 is 0. The van der Waals surface area contributed by atoms with Crippen molar-refractivity contribution < 1.29 is 9.90 Å². The van der Waals surface area contributed by atoms with Crippen LogP contribution in [0.5, 0.6) is 0 Å². The Morgan fingerprint density at radius 2 is 1.81 bits per heavy atom. The predicted molar refractivity (Wildman–Crippen MR) is 98.3 cm³/mol. The monoisotopic (exact) mass is 356 g/mol. The quantitative estimate of drug-likeness (QED) is 0.754. The average molecular weight is 356 g/mol. The van der Waals surface area contributed by atoms with Crippen LogP contribution in [0.2, 0.25) is 0 Å². The molecule has 3 rings (SSSR count). The predicted octanol–water partition coefficient (Wildman–Crippen LogP) is 0.648. The van der Waals surface area contributed by atoms with E-state index >= 15 is 0 Å². The van der Waals surface area contributed by atoms with Crippen LogP contribution in [0.15, 0.2) is 24.5 Å². The Bertz CT molecular complexity index is 767. The van der Waals surface area contributed by atoms with E-state index in [4.69, 9.17) is 5.11 Å². The van der Waals surface area contributed by atoms with Gasteiger partial charge in [0, 0.05) is 38.4 Å². The maximum absolute atomic E-state index is 10.7. The molecule has 1 saturated heterocycles. The highest BCUT2D eigenvalue weighted by molar-refractivity contribution is 5.54. The molecule has 0 aromatic carbocycles. The third kappa shape index (κ3) is 3.96. The van der Waals surface area contributed by atoms with E-state index in [0.717, 1.165) is 37.6 Å². The van der Waals surface area contributed by atoms with Crippen LogP contribution >= 0.6 is 0 Å². The minimum absolute atomic E-state index is 0.0412. The first-order valence-electron chi connectivity index (χ1n) is 8.74. The van der Waals surface area contributed by atoms with Gasteiger partial charge in [0.1, 0.15) is 29.6 Å². The maximum atomic E-state index is 10.7. The van der Waals surface area contributed by atoms with Gasteiger partial charge in [0.05, 0.1) is 18.6 Å². The van der Waals surface area contributed by atoms with Crippen molar-refractivity contribution in [2.24, 2.45) is 0 Å². The summed E-state index contributed by atoms with van der Waals surface area (Å²) in [6.07, 6.45) is 4.94. The number of piperazine rings is 1. The fourth-order valence-electron chi connectivity index (χ4n) is 3.27. The van der Waals surface area contributed by atoms with Crippen LogP contribution in [0.4, 0.5) is 11.6 Å². The van der Waals surface area contributed by atoms with Crippen LogP contribution in [-0.4, -0.2) is 63.1 Å². The Kier molecular flexibility index (Phi) is 5.41. The van der Waals surface area contributed by atoms with Gasteiger partial charge in [0.25, 0.3) is 0 Å². The molecule has 1 fully saturated rings. The van der Waals surface area contributed by atoms with Crippen LogP contribution in [-0.2, 0) is 17.6 Å². The van der Waals surface area contributed by atoms with Crippen molar-refractivity contribution >= 4 is 17.9 Å². The molecule has 3 heterocycles. The van der Waals surface area contributed by atoms with Crippen molar-refractivity contribution in [3.05, 3.63) is 36.2 Å². The minimum Gasteiger partial charge on any atom is -0.396 e. The van der Waals surface area contributed by atoms with Gasteiger partial charge in [-0.25, -0.2) is 19.9 Å². The molecule has 8 nitrogen and oxygen atoms in total. The summed E-state index contributed by atoms with van der Waals surface area (Å²) in [6, 6.07) is 3.79. The Labute approximate surface area is 152 Å². The lowest BCUT2D eigenvalue weighted by molar-refractivity contribution is -0.107. The fraction of sp³-hybridized carbons (Fsp3) is 0.500. The first-order chi connectivity index (χ1) is 12.5. The Balaban J connectivity index is 1.78. The molecule has 0 radical (unpaired) electrons. The van der Waals surface area contributed by atoms with Crippen LogP contribution in [0.1, 0.15) is 25.5 Å². The number of aliphatic hydroxyl groups excluding tert-OH is 1. The molecular weight excluding hydrogens is 332 g/mol. The lowest BCUT2D eigenvalue weighted by Crippen LogP contribution is -2.60. The van der Waals surface area contributed by atoms with Gasteiger partial charge in [0.2, 0.25) is 0 Å². The van der Waals surface area contributed by atoms with Crippen molar-refractivity contribution in [3.63, 3.8) is 0 Å². The van der Waals surface area contributed by atoms with E-state index in [-0.39, 0.29) is 18.6 Å². The zero-order chi connectivity index (χ0) is 18.6. The molecule has 0 atom stereocenters. The molecule has 2 aromatic heterocycles. The summed E-state index contributed by atoms with van der Waals surface area (Å²) in [4.78, 5) is 32.6. The van der Waals surface area contributed by atoms with Gasteiger partial charge in [0.15, 0.2) is 0 Å². The number of anilines is 2. The molecule has 2 aromatic rings. The molecule has 0 bridgehead atoms. The van der Waals surface area contributed by atoms with Gasteiger partial charge in [-0.2, -0.15) is 0 Å². The van der Waals surface area contributed by atoms with Crippen molar-refractivity contribution in [2.75, 3.05) is 36.0 Å². The van der Waals surface area contributed by atoms with E-state index in [1.165, 1.54) is 0 Å². The Hall–Kier alpha value is -2.61. The van der Waals surface area contributed by atoms with E-state index in [1.807, 2.05) is 12.1 Å². The number of aldehydes is 1. The second kappa shape index (κ2) is 7.74. The zero-order valence-corrected chi connectivity index (χ0v) is 15.2. The number of hydrogen-bond donors (Lipinski definition) is 1. The summed E-state index contributed by atoms with van der Waals surface area (Å²) in [7, 11) is 0. The number of carbonyl (C=O) groups excluding carboxylic acids is 1. The third-order valence-corrected chi connectivity index (χ3v) is 4.49. The van der Waals surface area contributed by atoms with Gasteiger partial charge in [-0.15, -0.1) is 0 Å². The SMILES string of the molecule is CC1(C)CN(c2ccnc(CCO)n2)CCN1c1ccnc(CC=O)n1. The van der Waals surface area contributed by atoms with E-state index in [0.29, 0.717) is 18.1 Å². The first kappa shape index (κ1) is 18.2. The number of aliphatic hydroxyl groups is 1. The first-order valence-corrected chi connectivity index (χ1v) is 8.74. The Morgan fingerprint density at radius 3 is 2.50 bits per heavy atom. The van der Waals surface area contributed by atoms with Crippen LogP contribution in [0.25, 0.3) is 0 Å².